The van der Waals surface area contributed by atoms with Crippen molar-refractivity contribution in [2.75, 3.05) is 20.1 Å². The summed E-state index contributed by atoms with van der Waals surface area (Å²) in [4.78, 5) is 2.43. The third-order valence-electron chi connectivity index (χ3n) is 3.76. The van der Waals surface area contributed by atoms with Crippen molar-refractivity contribution in [3.05, 3.63) is 0 Å². The van der Waals surface area contributed by atoms with E-state index < -0.39 is 0 Å². The van der Waals surface area contributed by atoms with Crippen LogP contribution in [0, 0.1) is 0 Å². The fourth-order valence-corrected chi connectivity index (χ4v) is 1.93. The molecular weight excluding hydrogens is 188 g/mol. The lowest BCUT2D eigenvalue weighted by molar-refractivity contribution is 0.0848. The first-order valence-corrected chi connectivity index (χ1v) is 6.07. The molecule has 0 saturated carbocycles. The van der Waals surface area contributed by atoms with Crippen LogP contribution >= 0.6 is 0 Å². The van der Waals surface area contributed by atoms with Gasteiger partial charge in [0.1, 0.15) is 0 Å². The highest BCUT2D eigenvalue weighted by Crippen LogP contribution is 2.16. The van der Waals surface area contributed by atoms with Crippen molar-refractivity contribution in [2.24, 2.45) is 0 Å². The van der Waals surface area contributed by atoms with Crippen LogP contribution in [0.15, 0.2) is 0 Å². The van der Waals surface area contributed by atoms with Crippen molar-refractivity contribution < 1.29 is 5.11 Å². The Labute approximate surface area is 93.9 Å². The highest BCUT2D eigenvalue weighted by atomic mass is 16.3. The molecule has 1 fully saturated rings. The zero-order chi connectivity index (χ0) is 11.5. The summed E-state index contributed by atoms with van der Waals surface area (Å²) in [6.07, 6.45) is 3.63. The lowest BCUT2D eigenvalue weighted by Crippen LogP contribution is -2.53. The molecule has 2 unspecified atom stereocenters. The van der Waals surface area contributed by atoms with Gasteiger partial charge in [0, 0.05) is 18.1 Å². The maximum absolute atomic E-state index is 9.60. The Balaban J connectivity index is 2.35. The lowest BCUT2D eigenvalue weighted by atomic mass is 9.96. The molecule has 0 aromatic carbocycles. The van der Waals surface area contributed by atoms with Crippen molar-refractivity contribution in [1.82, 2.24) is 10.2 Å². The molecule has 0 aromatic heterocycles. The average Bonchev–Trinajstić information content (AvgIpc) is 2.16. The highest BCUT2D eigenvalue weighted by molar-refractivity contribution is 4.86. The van der Waals surface area contributed by atoms with Gasteiger partial charge in [-0.25, -0.2) is 0 Å². The van der Waals surface area contributed by atoms with E-state index >= 15 is 0 Å². The molecule has 1 saturated heterocycles. The minimum absolute atomic E-state index is 0.182. The molecule has 15 heavy (non-hydrogen) atoms. The summed E-state index contributed by atoms with van der Waals surface area (Å²) < 4.78 is 0. The lowest BCUT2D eigenvalue weighted by Gasteiger charge is -2.37. The van der Waals surface area contributed by atoms with E-state index in [1.54, 1.807) is 0 Å². The summed E-state index contributed by atoms with van der Waals surface area (Å²) in [6.45, 7) is 8.15. The number of hydrogen-bond donors (Lipinski definition) is 2. The maximum atomic E-state index is 9.60. The normalized spacial score (nSPS) is 26.6. The van der Waals surface area contributed by atoms with Gasteiger partial charge in [-0.15, -0.1) is 0 Å². The van der Waals surface area contributed by atoms with Gasteiger partial charge in [-0.2, -0.15) is 0 Å². The van der Waals surface area contributed by atoms with Crippen LogP contribution in [-0.4, -0.2) is 47.8 Å². The first-order chi connectivity index (χ1) is 6.93. The van der Waals surface area contributed by atoms with E-state index in [1.165, 1.54) is 25.8 Å². The molecule has 0 aliphatic carbocycles. The number of hydrogen-bond acceptors (Lipinski definition) is 3. The van der Waals surface area contributed by atoms with E-state index in [0.717, 1.165) is 6.54 Å². The standard InChI is InChI=1S/C12H26N2O/c1-10(15)12(2,3)13-9-11-7-5-6-8-14(11)4/h10-11,13,15H,5-9H2,1-4H3. The van der Waals surface area contributed by atoms with Crippen LogP contribution < -0.4 is 5.32 Å². The molecule has 3 heteroatoms. The molecule has 90 valence electrons. The second kappa shape index (κ2) is 5.28. The fraction of sp³-hybridized carbons (Fsp3) is 1.00. The highest BCUT2D eigenvalue weighted by Gasteiger charge is 2.26. The van der Waals surface area contributed by atoms with Crippen LogP contribution in [0.4, 0.5) is 0 Å². The van der Waals surface area contributed by atoms with Gasteiger partial charge in [-0.1, -0.05) is 6.42 Å². The molecule has 1 heterocycles. The predicted molar refractivity (Wildman–Crippen MR) is 64.0 cm³/mol. The first kappa shape index (κ1) is 12.9. The molecule has 0 spiro atoms. The number of likely N-dealkylation sites (N-methyl/N-ethyl adjacent to an activating group) is 1. The van der Waals surface area contributed by atoms with Crippen LogP contribution in [0.3, 0.4) is 0 Å². The van der Waals surface area contributed by atoms with E-state index in [-0.39, 0.29) is 11.6 Å². The molecule has 3 nitrogen and oxygen atoms in total. The Bertz CT molecular complexity index is 192. The van der Waals surface area contributed by atoms with Gasteiger partial charge in [0.05, 0.1) is 6.10 Å². The van der Waals surface area contributed by atoms with E-state index in [2.05, 4.69) is 31.1 Å². The number of aliphatic hydroxyl groups excluding tert-OH is 1. The van der Waals surface area contributed by atoms with E-state index in [0.29, 0.717) is 6.04 Å². The van der Waals surface area contributed by atoms with Crippen LogP contribution in [0.1, 0.15) is 40.0 Å². The Morgan fingerprint density at radius 3 is 2.67 bits per heavy atom. The van der Waals surface area contributed by atoms with Crippen molar-refractivity contribution in [2.45, 2.75) is 57.7 Å². The summed E-state index contributed by atoms with van der Waals surface area (Å²) in [5, 5.41) is 13.1. The molecule has 2 atom stereocenters. The molecule has 0 radical (unpaired) electrons. The summed E-state index contributed by atoms with van der Waals surface area (Å²) in [6, 6.07) is 0.636. The zero-order valence-corrected chi connectivity index (χ0v) is 10.6. The van der Waals surface area contributed by atoms with Crippen molar-refractivity contribution in [1.29, 1.82) is 0 Å². The van der Waals surface area contributed by atoms with Crippen LogP contribution in [-0.2, 0) is 0 Å². The van der Waals surface area contributed by atoms with Crippen LogP contribution in [0.25, 0.3) is 0 Å². The maximum Gasteiger partial charge on any atom is 0.0688 e. The third kappa shape index (κ3) is 3.74. The Kier molecular flexibility index (Phi) is 4.56. The van der Waals surface area contributed by atoms with Crippen molar-refractivity contribution >= 4 is 0 Å². The quantitative estimate of drug-likeness (QED) is 0.738. The van der Waals surface area contributed by atoms with Crippen molar-refractivity contribution in [3.63, 3.8) is 0 Å². The first-order valence-electron chi connectivity index (χ1n) is 6.07. The number of aliphatic hydroxyl groups is 1. The minimum Gasteiger partial charge on any atom is -0.392 e. The van der Waals surface area contributed by atoms with E-state index in [4.69, 9.17) is 0 Å². The van der Waals surface area contributed by atoms with Gasteiger partial charge in [-0.3, -0.25) is 0 Å². The SMILES string of the molecule is CC(O)C(C)(C)NCC1CCCCN1C. The van der Waals surface area contributed by atoms with Crippen LogP contribution in [0.5, 0.6) is 0 Å². The number of rotatable bonds is 4. The van der Waals surface area contributed by atoms with E-state index in [9.17, 15) is 5.11 Å². The fourth-order valence-electron chi connectivity index (χ4n) is 1.93. The van der Waals surface area contributed by atoms with Gasteiger partial charge >= 0.3 is 0 Å². The molecule has 0 amide bonds. The smallest absolute Gasteiger partial charge is 0.0688 e. The Morgan fingerprint density at radius 1 is 1.47 bits per heavy atom. The molecule has 1 aliphatic heterocycles. The second-order valence-electron chi connectivity index (χ2n) is 5.41. The molecular formula is C12H26N2O. The number of nitrogens with zero attached hydrogens (tertiary/aromatic N) is 1. The summed E-state index contributed by atoms with van der Waals surface area (Å²) in [5.74, 6) is 0. The monoisotopic (exact) mass is 214 g/mol. The van der Waals surface area contributed by atoms with Gasteiger partial charge in [0.25, 0.3) is 0 Å². The Hall–Kier alpha value is -0.120. The average molecular weight is 214 g/mol. The van der Waals surface area contributed by atoms with Gasteiger partial charge in [-0.05, 0) is 47.2 Å². The zero-order valence-electron chi connectivity index (χ0n) is 10.6. The summed E-state index contributed by atoms with van der Waals surface area (Å²) in [5.41, 5.74) is -0.182. The van der Waals surface area contributed by atoms with Gasteiger partial charge in [0.15, 0.2) is 0 Å². The molecule has 1 aliphatic rings. The summed E-state index contributed by atoms with van der Waals surface area (Å²) in [7, 11) is 2.20. The topological polar surface area (TPSA) is 35.5 Å². The van der Waals surface area contributed by atoms with Crippen molar-refractivity contribution in [3.8, 4) is 0 Å². The predicted octanol–water partition coefficient (Wildman–Crippen LogP) is 1.22. The molecule has 0 aromatic rings. The summed E-state index contributed by atoms with van der Waals surface area (Å²) >= 11 is 0. The largest absolute Gasteiger partial charge is 0.392 e. The Morgan fingerprint density at radius 2 is 2.13 bits per heavy atom. The number of nitrogens with one attached hydrogen (secondary N) is 1. The third-order valence-corrected chi connectivity index (χ3v) is 3.76. The van der Waals surface area contributed by atoms with E-state index in [1.807, 2.05) is 6.92 Å². The molecule has 1 rings (SSSR count). The van der Waals surface area contributed by atoms with Crippen LogP contribution in [0.2, 0.25) is 0 Å². The number of piperidine rings is 1. The minimum atomic E-state index is -0.314. The molecule has 2 N–H and O–H groups in total. The molecule has 0 bridgehead atoms. The van der Waals surface area contributed by atoms with Gasteiger partial charge < -0.3 is 15.3 Å². The second-order valence-corrected chi connectivity index (χ2v) is 5.41. The number of likely N-dealkylation sites (tertiary alicyclic amines) is 1. The van der Waals surface area contributed by atoms with Gasteiger partial charge in [0.2, 0.25) is 0 Å².